The summed E-state index contributed by atoms with van der Waals surface area (Å²) in [6.45, 7) is 0. The molecule has 2 N–H and O–H groups in total. The van der Waals surface area contributed by atoms with E-state index in [0.29, 0.717) is 0 Å². The maximum atomic E-state index is 13.7. The van der Waals surface area contributed by atoms with Gasteiger partial charge in [-0.3, -0.25) is 5.43 Å². The Hall–Kier alpha value is -2.50. The minimum atomic E-state index is -5.63. The van der Waals surface area contributed by atoms with Gasteiger partial charge in [-0.1, -0.05) is 0 Å². The van der Waals surface area contributed by atoms with Gasteiger partial charge < -0.3 is 9.84 Å². The average molecular weight is 461 g/mol. The van der Waals surface area contributed by atoms with Crippen molar-refractivity contribution in [2.75, 3.05) is 12.5 Å². The Labute approximate surface area is 155 Å². The highest BCUT2D eigenvalue weighted by Crippen LogP contribution is 2.38. The number of rotatable bonds is 4. The van der Waals surface area contributed by atoms with Crippen molar-refractivity contribution in [3.05, 3.63) is 51.0 Å². The van der Waals surface area contributed by atoms with Crippen LogP contribution in [0.15, 0.2) is 21.7 Å². The number of nitrogens with one attached hydrogen (secondary N) is 1. The molecule has 27 heavy (non-hydrogen) atoms. The van der Waals surface area contributed by atoms with Crippen LogP contribution in [0.3, 0.4) is 0 Å². The van der Waals surface area contributed by atoms with Crippen LogP contribution in [0.5, 0.6) is 11.5 Å². The number of hydrogen-bond donors (Lipinski definition) is 2. The van der Waals surface area contributed by atoms with Crippen LogP contribution in [0.1, 0.15) is 11.1 Å². The Balaban J connectivity index is 2.41. The van der Waals surface area contributed by atoms with E-state index >= 15 is 0 Å². The lowest BCUT2D eigenvalue weighted by atomic mass is 10.1. The lowest BCUT2D eigenvalue weighted by Crippen LogP contribution is -2.16. The van der Waals surface area contributed by atoms with Gasteiger partial charge in [0.15, 0.2) is 34.8 Å². The summed E-state index contributed by atoms with van der Waals surface area (Å²) >= 11 is 3.05. The number of aromatic hydroxyl groups is 1. The van der Waals surface area contributed by atoms with Gasteiger partial charge >= 0.3 is 6.18 Å². The van der Waals surface area contributed by atoms with Crippen molar-refractivity contribution >= 4 is 27.8 Å². The summed E-state index contributed by atoms with van der Waals surface area (Å²) in [5, 5.41) is 12.9. The van der Waals surface area contributed by atoms with E-state index in [1.807, 2.05) is 0 Å². The molecular formula is C15H8BrF7N2O2. The maximum Gasteiger partial charge on any atom is 0.422 e. The predicted molar refractivity (Wildman–Crippen MR) is 84.9 cm³/mol. The van der Waals surface area contributed by atoms with Gasteiger partial charge in [0.2, 0.25) is 0 Å². The standard InChI is InChI=1S/C15H8BrF7N2O2/c1-27-8-2-5(6(16)3-7(8)26)4-24-25-14-12(19)10(17)9(15(21,22)23)11(18)13(14)20/h2-4,25-26H,1H3/b24-4-. The van der Waals surface area contributed by atoms with Crippen LogP contribution in [0.4, 0.5) is 36.4 Å². The highest BCUT2D eigenvalue weighted by atomic mass is 79.9. The maximum absolute atomic E-state index is 13.7. The van der Waals surface area contributed by atoms with Crippen molar-refractivity contribution in [1.82, 2.24) is 0 Å². The number of anilines is 1. The minimum Gasteiger partial charge on any atom is -0.504 e. The number of alkyl halides is 3. The quantitative estimate of drug-likeness (QED) is 0.286. The fourth-order valence-corrected chi connectivity index (χ4v) is 2.40. The third-order valence-corrected chi connectivity index (χ3v) is 3.91. The highest BCUT2D eigenvalue weighted by Gasteiger charge is 2.42. The molecule has 0 spiro atoms. The van der Waals surface area contributed by atoms with Gasteiger partial charge in [-0.25, -0.2) is 17.6 Å². The molecule has 0 saturated heterocycles. The SMILES string of the molecule is COc1cc(/C=N\Nc2c(F)c(F)c(C(F)(F)F)c(F)c2F)c(Br)cc1O. The first-order valence-corrected chi connectivity index (χ1v) is 7.57. The molecule has 0 fully saturated rings. The normalized spacial score (nSPS) is 11.9. The Kier molecular flexibility index (Phi) is 5.88. The second-order valence-corrected chi connectivity index (χ2v) is 5.77. The third-order valence-electron chi connectivity index (χ3n) is 3.23. The van der Waals surface area contributed by atoms with Crippen LogP contribution in [0.25, 0.3) is 0 Å². The van der Waals surface area contributed by atoms with Gasteiger partial charge in [0, 0.05) is 10.0 Å². The van der Waals surface area contributed by atoms with Crippen LogP contribution >= 0.6 is 15.9 Å². The molecule has 146 valence electrons. The number of hydrazone groups is 1. The first-order valence-electron chi connectivity index (χ1n) is 6.77. The molecule has 0 aliphatic rings. The summed E-state index contributed by atoms with van der Waals surface area (Å²) in [5.74, 6) is -10.0. The topological polar surface area (TPSA) is 53.8 Å². The lowest BCUT2D eigenvalue weighted by Gasteiger charge is -2.13. The molecule has 2 aromatic rings. The average Bonchev–Trinajstić information content (AvgIpc) is 2.56. The van der Waals surface area contributed by atoms with E-state index in [1.54, 1.807) is 5.43 Å². The highest BCUT2D eigenvalue weighted by molar-refractivity contribution is 9.10. The van der Waals surface area contributed by atoms with Gasteiger partial charge in [0.25, 0.3) is 0 Å². The number of nitrogens with zero attached hydrogens (tertiary/aromatic N) is 1. The number of phenols is 1. The second kappa shape index (κ2) is 7.62. The zero-order valence-corrected chi connectivity index (χ0v) is 14.6. The Bertz CT molecular complexity index is 887. The molecule has 0 aromatic heterocycles. The molecule has 0 aliphatic heterocycles. The van der Waals surface area contributed by atoms with Crippen LogP contribution in [0.2, 0.25) is 0 Å². The smallest absolute Gasteiger partial charge is 0.422 e. The van der Waals surface area contributed by atoms with E-state index < -0.39 is 40.7 Å². The molecule has 2 rings (SSSR count). The number of benzene rings is 2. The summed E-state index contributed by atoms with van der Waals surface area (Å²) < 4.78 is 97.2. The third kappa shape index (κ3) is 4.10. The molecular weight excluding hydrogens is 453 g/mol. The molecule has 0 amide bonds. The van der Waals surface area contributed by atoms with Crippen molar-refractivity contribution in [3.63, 3.8) is 0 Å². The molecule has 0 aliphatic carbocycles. The largest absolute Gasteiger partial charge is 0.504 e. The number of phenolic OH excluding ortho intramolecular Hbond substituents is 1. The lowest BCUT2D eigenvalue weighted by molar-refractivity contribution is -0.143. The molecule has 4 nitrogen and oxygen atoms in total. The molecule has 0 atom stereocenters. The minimum absolute atomic E-state index is 0.0173. The van der Waals surface area contributed by atoms with Gasteiger partial charge in [0.05, 0.1) is 13.3 Å². The summed E-state index contributed by atoms with van der Waals surface area (Å²) in [4.78, 5) is 0. The van der Waals surface area contributed by atoms with Gasteiger partial charge in [-0.15, -0.1) is 0 Å². The first-order chi connectivity index (χ1) is 12.5. The van der Waals surface area contributed by atoms with E-state index in [4.69, 9.17) is 4.74 Å². The number of methoxy groups -OCH3 is 1. The fraction of sp³-hybridized carbons (Fsp3) is 0.133. The van der Waals surface area contributed by atoms with Crippen molar-refractivity contribution < 1.29 is 40.6 Å². The number of hydrogen-bond acceptors (Lipinski definition) is 4. The fourth-order valence-electron chi connectivity index (χ4n) is 1.97. The Morgan fingerprint density at radius 1 is 1.07 bits per heavy atom. The second-order valence-electron chi connectivity index (χ2n) is 4.92. The Morgan fingerprint density at radius 3 is 2.11 bits per heavy atom. The van der Waals surface area contributed by atoms with Crippen molar-refractivity contribution in [1.29, 1.82) is 0 Å². The first kappa shape index (κ1) is 20.8. The molecule has 0 unspecified atom stereocenters. The molecule has 0 heterocycles. The van der Waals surface area contributed by atoms with Crippen molar-refractivity contribution in [2.24, 2.45) is 5.10 Å². The van der Waals surface area contributed by atoms with Gasteiger partial charge in [-0.05, 0) is 28.1 Å². The predicted octanol–water partition coefficient (Wildman–Crippen LogP) is 5.18. The molecule has 2 aromatic carbocycles. The molecule has 0 saturated carbocycles. The van der Waals surface area contributed by atoms with Gasteiger partial charge in [-0.2, -0.15) is 18.3 Å². The zero-order valence-electron chi connectivity index (χ0n) is 13.1. The van der Waals surface area contributed by atoms with Crippen LogP contribution in [-0.2, 0) is 6.18 Å². The van der Waals surface area contributed by atoms with E-state index in [1.165, 1.54) is 19.2 Å². The summed E-state index contributed by atoms with van der Waals surface area (Å²) in [7, 11) is 1.25. The van der Waals surface area contributed by atoms with Crippen molar-refractivity contribution in [2.45, 2.75) is 6.18 Å². The number of halogens is 8. The van der Waals surface area contributed by atoms with Crippen LogP contribution in [-0.4, -0.2) is 18.4 Å². The zero-order chi connectivity index (χ0) is 20.5. The van der Waals surface area contributed by atoms with Crippen LogP contribution < -0.4 is 10.2 Å². The van der Waals surface area contributed by atoms with Crippen molar-refractivity contribution in [3.8, 4) is 11.5 Å². The van der Waals surface area contributed by atoms with E-state index in [9.17, 15) is 35.8 Å². The number of ether oxygens (including phenoxy) is 1. The summed E-state index contributed by atoms with van der Waals surface area (Å²) in [6, 6.07) is 2.46. The summed E-state index contributed by atoms with van der Waals surface area (Å²) in [5.41, 5.74) is -2.41. The molecule has 12 heteroatoms. The van der Waals surface area contributed by atoms with E-state index in [0.717, 1.165) is 6.21 Å². The summed E-state index contributed by atoms with van der Waals surface area (Å²) in [6.07, 6.45) is -4.72. The Morgan fingerprint density at radius 2 is 1.63 bits per heavy atom. The van der Waals surface area contributed by atoms with E-state index in [2.05, 4.69) is 21.0 Å². The monoisotopic (exact) mass is 460 g/mol. The molecule has 0 bridgehead atoms. The van der Waals surface area contributed by atoms with E-state index in [-0.39, 0.29) is 21.5 Å². The van der Waals surface area contributed by atoms with Crippen LogP contribution in [0, 0.1) is 23.3 Å². The van der Waals surface area contributed by atoms with Gasteiger partial charge in [0.1, 0.15) is 11.3 Å². The molecule has 0 radical (unpaired) electrons.